The zero-order chi connectivity index (χ0) is 14.5. The Labute approximate surface area is 128 Å². The molecule has 0 saturated heterocycles. The van der Waals surface area contributed by atoms with Gasteiger partial charge in [0.15, 0.2) is 0 Å². The Kier molecular flexibility index (Phi) is 5.43. The summed E-state index contributed by atoms with van der Waals surface area (Å²) in [6.07, 6.45) is 4.73. The van der Waals surface area contributed by atoms with Gasteiger partial charge >= 0.3 is 0 Å². The van der Waals surface area contributed by atoms with Crippen molar-refractivity contribution in [1.82, 2.24) is 14.9 Å². The highest BCUT2D eigenvalue weighted by molar-refractivity contribution is 6.33. The number of rotatable bonds is 6. The molecule has 2 N–H and O–H groups in total. The molecule has 1 aromatic carbocycles. The van der Waals surface area contributed by atoms with Crippen LogP contribution < -0.4 is 5.32 Å². The van der Waals surface area contributed by atoms with Crippen molar-refractivity contribution >= 4 is 23.2 Å². The second-order valence-corrected chi connectivity index (χ2v) is 5.59. The number of benzene rings is 1. The quantitative estimate of drug-likeness (QED) is 0.862. The summed E-state index contributed by atoms with van der Waals surface area (Å²) >= 11 is 12.0. The van der Waals surface area contributed by atoms with Crippen molar-refractivity contribution in [2.45, 2.75) is 25.6 Å². The van der Waals surface area contributed by atoms with E-state index in [0.29, 0.717) is 22.2 Å². The van der Waals surface area contributed by atoms with Crippen molar-refractivity contribution in [3.63, 3.8) is 0 Å². The first-order chi connectivity index (χ1) is 9.56. The van der Waals surface area contributed by atoms with Crippen LogP contribution in [0.4, 0.5) is 0 Å². The number of hydrogen-bond acceptors (Lipinski definition) is 3. The molecule has 0 fully saturated rings. The highest BCUT2D eigenvalue weighted by atomic mass is 35.5. The molecule has 0 saturated carbocycles. The van der Waals surface area contributed by atoms with Crippen LogP contribution in [0.1, 0.15) is 18.6 Å². The molecule has 1 heterocycles. The molecular weight excluding hydrogens is 297 g/mol. The Bertz CT molecular complexity index is 545. The molecule has 0 aliphatic heterocycles. The maximum absolute atomic E-state index is 10.2. The number of aromatic nitrogens is 2. The fraction of sp³-hybridized carbons (Fsp3) is 0.357. The highest BCUT2D eigenvalue weighted by Crippen LogP contribution is 2.26. The van der Waals surface area contributed by atoms with Crippen LogP contribution in [-0.2, 0) is 6.54 Å². The van der Waals surface area contributed by atoms with E-state index >= 15 is 0 Å². The van der Waals surface area contributed by atoms with E-state index in [-0.39, 0.29) is 6.04 Å². The van der Waals surface area contributed by atoms with E-state index in [9.17, 15) is 5.11 Å². The van der Waals surface area contributed by atoms with E-state index in [1.54, 1.807) is 30.7 Å². The van der Waals surface area contributed by atoms with Gasteiger partial charge in [-0.3, -0.25) is 0 Å². The van der Waals surface area contributed by atoms with Gasteiger partial charge in [0.25, 0.3) is 0 Å². The van der Waals surface area contributed by atoms with Crippen molar-refractivity contribution in [3.05, 3.63) is 52.5 Å². The summed E-state index contributed by atoms with van der Waals surface area (Å²) in [6.45, 7) is 3.25. The molecule has 4 nitrogen and oxygen atoms in total. The monoisotopic (exact) mass is 313 g/mol. The van der Waals surface area contributed by atoms with E-state index < -0.39 is 6.10 Å². The second kappa shape index (κ2) is 7.09. The maximum Gasteiger partial charge on any atom is 0.0946 e. The van der Waals surface area contributed by atoms with Crippen LogP contribution in [0.2, 0.25) is 10.0 Å². The predicted octanol–water partition coefficient (Wildman–Crippen LogP) is 2.90. The van der Waals surface area contributed by atoms with Gasteiger partial charge in [0, 0.05) is 47.1 Å². The Balaban J connectivity index is 1.88. The average molecular weight is 314 g/mol. The van der Waals surface area contributed by atoms with Crippen LogP contribution in [0, 0.1) is 0 Å². The topological polar surface area (TPSA) is 50.1 Å². The standard InChI is InChI=1S/C14H17Cl2N3O/c1-10(8-19-5-4-17-9-19)18-7-14(20)12-6-11(15)2-3-13(12)16/h2-6,9-10,14,18,20H,7-8H2,1H3. The first-order valence-corrected chi connectivity index (χ1v) is 7.14. The highest BCUT2D eigenvalue weighted by Gasteiger charge is 2.13. The molecule has 2 unspecified atom stereocenters. The lowest BCUT2D eigenvalue weighted by molar-refractivity contribution is 0.169. The van der Waals surface area contributed by atoms with E-state index in [2.05, 4.69) is 10.3 Å². The van der Waals surface area contributed by atoms with Gasteiger partial charge in [-0.15, -0.1) is 0 Å². The number of halogens is 2. The average Bonchev–Trinajstić information content (AvgIpc) is 2.91. The Morgan fingerprint density at radius 2 is 2.20 bits per heavy atom. The summed E-state index contributed by atoms with van der Waals surface area (Å²) in [5.74, 6) is 0. The SMILES string of the molecule is CC(Cn1ccnc1)NCC(O)c1cc(Cl)ccc1Cl. The lowest BCUT2D eigenvalue weighted by Gasteiger charge is -2.18. The first-order valence-electron chi connectivity index (χ1n) is 6.38. The molecule has 0 aliphatic rings. The van der Waals surface area contributed by atoms with Crippen LogP contribution in [0.25, 0.3) is 0 Å². The molecule has 0 bridgehead atoms. The van der Waals surface area contributed by atoms with Gasteiger partial charge in [-0.1, -0.05) is 23.2 Å². The van der Waals surface area contributed by atoms with E-state index in [1.807, 2.05) is 17.7 Å². The molecule has 0 spiro atoms. The number of nitrogens with one attached hydrogen (secondary N) is 1. The van der Waals surface area contributed by atoms with Gasteiger partial charge in [-0.25, -0.2) is 4.98 Å². The molecule has 2 rings (SSSR count). The van der Waals surface area contributed by atoms with Gasteiger partial charge in [0.1, 0.15) is 0 Å². The number of imidazole rings is 1. The van der Waals surface area contributed by atoms with Crippen molar-refractivity contribution in [1.29, 1.82) is 0 Å². The smallest absolute Gasteiger partial charge is 0.0946 e. The summed E-state index contributed by atoms with van der Waals surface area (Å²) in [4.78, 5) is 3.99. The number of hydrogen-bond donors (Lipinski definition) is 2. The van der Waals surface area contributed by atoms with Crippen molar-refractivity contribution in [2.24, 2.45) is 0 Å². The Morgan fingerprint density at radius 3 is 2.90 bits per heavy atom. The van der Waals surface area contributed by atoms with Crippen LogP contribution in [0.5, 0.6) is 0 Å². The minimum absolute atomic E-state index is 0.205. The normalized spacial score (nSPS) is 14.2. The largest absolute Gasteiger partial charge is 0.387 e. The fourth-order valence-corrected chi connectivity index (χ4v) is 2.39. The van der Waals surface area contributed by atoms with Gasteiger partial charge in [0.2, 0.25) is 0 Å². The Hall–Kier alpha value is -1.07. The van der Waals surface area contributed by atoms with Crippen LogP contribution in [0.3, 0.4) is 0 Å². The molecule has 0 amide bonds. The van der Waals surface area contributed by atoms with Crippen molar-refractivity contribution < 1.29 is 5.11 Å². The third kappa shape index (κ3) is 4.21. The van der Waals surface area contributed by atoms with Crippen LogP contribution in [0.15, 0.2) is 36.9 Å². The van der Waals surface area contributed by atoms with Gasteiger partial charge < -0.3 is 15.0 Å². The first kappa shape index (κ1) is 15.3. The van der Waals surface area contributed by atoms with Gasteiger partial charge in [0.05, 0.1) is 12.4 Å². The molecule has 20 heavy (non-hydrogen) atoms. The second-order valence-electron chi connectivity index (χ2n) is 4.75. The number of aliphatic hydroxyl groups excluding tert-OH is 1. The molecule has 0 radical (unpaired) electrons. The summed E-state index contributed by atoms with van der Waals surface area (Å²) in [5.41, 5.74) is 0.640. The molecular formula is C14H17Cl2N3O. The van der Waals surface area contributed by atoms with E-state index in [4.69, 9.17) is 23.2 Å². The van der Waals surface area contributed by atoms with E-state index in [0.717, 1.165) is 6.54 Å². The lowest BCUT2D eigenvalue weighted by Crippen LogP contribution is -2.33. The van der Waals surface area contributed by atoms with Gasteiger partial charge in [-0.2, -0.15) is 0 Å². The number of nitrogens with zero attached hydrogens (tertiary/aromatic N) is 2. The molecule has 2 atom stereocenters. The fourth-order valence-electron chi connectivity index (χ4n) is 1.97. The Morgan fingerprint density at radius 1 is 1.40 bits per heavy atom. The maximum atomic E-state index is 10.2. The van der Waals surface area contributed by atoms with Crippen LogP contribution in [-0.4, -0.2) is 27.2 Å². The van der Waals surface area contributed by atoms with Crippen molar-refractivity contribution in [2.75, 3.05) is 6.54 Å². The summed E-state index contributed by atoms with van der Waals surface area (Å²) in [5, 5.41) is 14.5. The van der Waals surface area contributed by atoms with Crippen LogP contribution >= 0.6 is 23.2 Å². The third-order valence-corrected chi connectivity index (χ3v) is 3.60. The van der Waals surface area contributed by atoms with Gasteiger partial charge in [-0.05, 0) is 25.1 Å². The molecule has 1 aromatic heterocycles. The third-order valence-electron chi connectivity index (χ3n) is 3.02. The van der Waals surface area contributed by atoms with Crippen molar-refractivity contribution in [3.8, 4) is 0 Å². The van der Waals surface area contributed by atoms with E-state index in [1.165, 1.54) is 0 Å². The molecule has 2 aromatic rings. The molecule has 108 valence electrons. The minimum atomic E-state index is -0.688. The summed E-state index contributed by atoms with van der Waals surface area (Å²) < 4.78 is 1.98. The predicted molar refractivity (Wildman–Crippen MR) is 81.1 cm³/mol. The number of aliphatic hydroxyl groups is 1. The lowest BCUT2D eigenvalue weighted by atomic mass is 10.1. The minimum Gasteiger partial charge on any atom is -0.387 e. The summed E-state index contributed by atoms with van der Waals surface area (Å²) in [7, 11) is 0. The zero-order valence-corrected chi connectivity index (χ0v) is 12.6. The molecule has 6 heteroatoms. The summed E-state index contributed by atoms with van der Waals surface area (Å²) in [6, 6.07) is 5.29. The molecule has 0 aliphatic carbocycles. The zero-order valence-electron chi connectivity index (χ0n) is 11.1.